The van der Waals surface area contributed by atoms with Gasteiger partial charge in [0.1, 0.15) is 0 Å². The molecule has 1 fully saturated rings. The quantitative estimate of drug-likeness (QED) is 0.731. The number of aromatic nitrogens is 1. The van der Waals surface area contributed by atoms with Gasteiger partial charge < -0.3 is 5.32 Å². The predicted molar refractivity (Wildman–Crippen MR) is 111 cm³/mol. The zero-order chi connectivity index (χ0) is 19.6. The Labute approximate surface area is 164 Å². The first-order valence-electron chi connectivity index (χ1n) is 9.29. The number of hydrogen-bond donors (Lipinski definition) is 1. The molecule has 0 bridgehead atoms. The normalized spacial score (nSPS) is 16.5. The van der Waals surface area contributed by atoms with Crippen molar-refractivity contribution in [2.45, 2.75) is 19.3 Å². The first kappa shape index (κ1) is 18.4. The van der Waals surface area contributed by atoms with E-state index in [2.05, 4.69) is 10.3 Å². The molecule has 144 valence electrons. The fourth-order valence-electron chi connectivity index (χ4n) is 3.40. The largest absolute Gasteiger partial charge is 0.322 e. The molecular formula is C21H21N3O3S. The molecule has 0 saturated carbocycles. The average Bonchev–Trinajstić information content (AvgIpc) is 2.88. The van der Waals surface area contributed by atoms with Gasteiger partial charge in [-0.1, -0.05) is 12.5 Å². The van der Waals surface area contributed by atoms with Crippen molar-refractivity contribution in [2.75, 3.05) is 21.9 Å². The molecule has 2 aromatic carbocycles. The number of fused-ring (bicyclic) bond motifs is 1. The van der Waals surface area contributed by atoms with Crippen LogP contribution in [-0.2, 0) is 10.0 Å². The second-order valence-corrected chi connectivity index (χ2v) is 8.90. The molecule has 28 heavy (non-hydrogen) atoms. The van der Waals surface area contributed by atoms with E-state index in [-0.39, 0.29) is 11.7 Å². The second-order valence-electron chi connectivity index (χ2n) is 6.89. The molecule has 1 amide bonds. The fourth-order valence-corrected chi connectivity index (χ4v) is 5.04. The molecule has 0 radical (unpaired) electrons. The first-order valence-corrected chi connectivity index (χ1v) is 10.9. The molecule has 1 aromatic heterocycles. The third-order valence-corrected chi connectivity index (χ3v) is 6.78. The minimum absolute atomic E-state index is 0.173. The topological polar surface area (TPSA) is 79.4 Å². The van der Waals surface area contributed by atoms with Crippen LogP contribution in [-0.4, -0.2) is 31.6 Å². The minimum Gasteiger partial charge on any atom is -0.322 e. The second kappa shape index (κ2) is 7.59. The lowest BCUT2D eigenvalue weighted by molar-refractivity contribution is 0.102. The third-order valence-electron chi connectivity index (χ3n) is 4.92. The van der Waals surface area contributed by atoms with Crippen LogP contribution in [0.3, 0.4) is 0 Å². The molecular weight excluding hydrogens is 374 g/mol. The number of carbonyl (C=O) groups is 1. The molecule has 0 aliphatic carbocycles. The van der Waals surface area contributed by atoms with Crippen molar-refractivity contribution in [3.05, 3.63) is 66.5 Å². The van der Waals surface area contributed by atoms with Crippen molar-refractivity contribution in [3.63, 3.8) is 0 Å². The highest BCUT2D eigenvalue weighted by Gasteiger charge is 2.24. The molecule has 0 spiro atoms. The standard InChI is InChI=1S/C21H21N3O3S/c25-21(23-19-7-4-16-10-11-22-15-18(16)14-19)17-5-8-20(9-6-17)24-12-2-1-3-13-28(24,26)27/h4-11,14-15H,1-3,12-13H2,(H,23,25). The summed E-state index contributed by atoms with van der Waals surface area (Å²) >= 11 is 0. The Kier molecular flexibility index (Phi) is 5.00. The third kappa shape index (κ3) is 3.84. The molecule has 2 heterocycles. The lowest BCUT2D eigenvalue weighted by atomic mass is 10.1. The Hall–Kier alpha value is -2.93. The SMILES string of the molecule is O=C(Nc1ccc2ccncc2c1)c1ccc(N2CCCCCS2(=O)=O)cc1. The number of hydrogen-bond acceptors (Lipinski definition) is 4. The molecule has 1 aliphatic rings. The van der Waals surface area contributed by atoms with Gasteiger partial charge in [0.05, 0.1) is 11.4 Å². The number of amides is 1. The number of benzene rings is 2. The van der Waals surface area contributed by atoms with E-state index in [0.29, 0.717) is 29.9 Å². The van der Waals surface area contributed by atoms with E-state index in [1.165, 1.54) is 4.31 Å². The lowest BCUT2D eigenvalue weighted by Crippen LogP contribution is -2.32. The highest BCUT2D eigenvalue weighted by Crippen LogP contribution is 2.24. The molecule has 0 atom stereocenters. The van der Waals surface area contributed by atoms with E-state index in [0.717, 1.165) is 23.6 Å². The van der Waals surface area contributed by atoms with E-state index >= 15 is 0 Å². The van der Waals surface area contributed by atoms with Crippen molar-refractivity contribution in [3.8, 4) is 0 Å². The molecule has 7 heteroatoms. The number of nitrogens with zero attached hydrogens (tertiary/aromatic N) is 2. The van der Waals surface area contributed by atoms with E-state index in [9.17, 15) is 13.2 Å². The number of nitrogens with one attached hydrogen (secondary N) is 1. The van der Waals surface area contributed by atoms with E-state index in [1.807, 2.05) is 24.3 Å². The molecule has 1 aliphatic heterocycles. The Morgan fingerprint density at radius 2 is 1.79 bits per heavy atom. The van der Waals surface area contributed by atoms with Gasteiger partial charge in [0, 0.05) is 35.6 Å². The molecule has 1 saturated heterocycles. The van der Waals surface area contributed by atoms with E-state index < -0.39 is 10.0 Å². The fraction of sp³-hybridized carbons (Fsp3) is 0.238. The summed E-state index contributed by atoms with van der Waals surface area (Å²) in [5.41, 5.74) is 1.77. The summed E-state index contributed by atoms with van der Waals surface area (Å²) in [5.74, 6) is -0.0694. The predicted octanol–water partition coefficient (Wildman–Crippen LogP) is 3.81. The summed E-state index contributed by atoms with van der Waals surface area (Å²) in [6, 6.07) is 14.3. The molecule has 3 aromatic rings. The summed E-state index contributed by atoms with van der Waals surface area (Å²) in [5, 5.41) is 4.88. The Bertz CT molecular complexity index is 1110. The lowest BCUT2D eigenvalue weighted by Gasteiger charge is -2.22. The molecule has 0 unspecified atom stereocenters. The van der Waals surface area contributed by atoms with Crippen LogP contribution in [0.4, 0.5) is 11.4 Å². The van der Waals surface area contributed by atoms with Crippen molar-refractivity contribution in [1.82, 2.24) is 4.98 Å². The van der Waals surface area contributed by atoms with E-state index in [1.54, 1.807) is 36.7 Å². The highest BCUT2D eigenvalue weighted by atomic mass is 32.2. The Morgan fingerprint density at radius 1 is 0.964 bits per heavy atom. The average molecular weight is 395 g/mol. The number of rotatable bonds is 3. The van der Waals surface area contributed by atoms with Crippen LogP contribution >= 0.6 is 0 Å². The summed E-state index contributed by atoms with van der Waals surface area (Å²) in [7, 11) is -3.29. The van der Waals surface area contributed by atoms with Gasteiger partial charge in [-0.15, -0.1) is 0 Å². The van der Waals surface area contributed by atoms with Crippen LogP contribution in [0.25, 0.3) is 10.8 Å². The van der Waals surface area contributed by atoms with Crippen molar-refractivity contribution in [1.29, 1.82) is 0 Å². The highest BCUT2D eigenvalue weighted by molar-refractivity contribution is 7.92. The zero-order valence-corrected chi connectivity index (χ0v) is 16.2. The van der Waals surface area contributed by atoms with Gasteiger partial charge in [0.2, 0.25) is 10.0 Å². The number of carbonyl (C=O) groups excluding carboxylic acids is 1. The van der Waals surface area contributed by atoms with Gasteiger partial charge in [0.25, 0.3) is 5.91 Å². The smallest absolute Gasteiger partial charge is 0.255 e. The maximum Gasteiger partial charge on any atom is 0.255 e. The van der Waals surface area contributed by atoms with Crippen LogP contribution in [0, 0.1) is 0 Å². The van der Waals surface area contributed by atoms with Crippen LogP contribution in [0.5, 0.6) is 0 Å². The van der Waals surface area contributed by atoms with Gasteiger partial charge in [-0.05, 0) is 60.7 Å². The monoisotopic (exact) mass is 395 g/mol. The summed E-state index contributed by atoms with van der Waals surface area (Å²) in [6.45, 7) is 0.485. The molecule has 6 nitrogen and oxygen atoms in total. The van der Waals surface area contributed by atoms with Crippen LogP contribution in [0.15, 0.2) is 60.9 Å². The maximum atomic E-state index is 12.6. The maximum absolute atomic E-state index is 12.6. The van der Waals surface area contributed by atoms with Crippen molar-refractivity contribution < 1.29 is 13.2 Å². The molecule has 1 N–H and O–H groups in total. The molecule has 4 rings (SSSR count). The number of pyridine rings is 1. The van der Waals surface area contributed by atoms with Gasteiger partial charge in [-0.3, -0.25) is 14.1 Å². The van der Waals surface area contributed by atoms with Gasteiger partial charge in [0.15, 0.2) is 0 Å². The van der Waals surface area contributed by atoms with Crippen LogP contribution < -0.4 is 9.62 Å². The number of sulfonamides is 1. The minimum atomic E-state index is -3.29. The number of anilines is 2. The zero-order valence-electron chi connectivity index (χ0n) is 15.3. The Balaban J connectivity index is 1.52. The summed E-state index contributed by atoms with van der Waals surface area (Å²) in [4.78, 5) is 16.7. The van der Waals surface area contributed by atoms with Crippen LogP contribution in [0.1, 0.15) is 29.6 Å². The van der Waals surface area contributed by atoms with E-state index in [4.69, 9.17) is 0 Å². The summed E-state index contributed by atoms with van der Waals surface area (Å²) in [6.07, 6.45) is 5.93. The first-order chi connectivity index (χ1) is 13.5. The Morgan fingerprint density at radius 3 is 2.61 bits per heavy atom. The van der Waals surface area contributed by atoms with Crippen molar-refractivity contribution in [2.24, 2.45) is 0 Å². The van der Waals surface area contributed by atoms with Gasteiger partial charge in [-0.25, -0.2) is 8.42 Å². The van der Waals surface area contributed by atoms with Crippen LogP contribution in [0.2, 0.25) is 0 Å². The summed E-state index contributed by atoms with van der Waals surface area (Å²) < 4.78 is 26.3. The van der Waals surface area contributed by atoms with Gasteiger partial charge in [-0.2, -0.15) is 0 Å². The van der Waals surface area contributed by atoms with Crippen molar-refractivity contribution >= 4 is 38.1 Å². The van der Waals surface area contributed by atoms with Gasteiger partial charge >= 0.3 is 0 Å².